The Morgan fingerprint density at radius 2 is 1.70 bits per heavy atom. The molecule has 0 saturated carbocycles. The second-order valence-corrected chi connectivity index (χ2v) is 14.2. The van der Waals surface area contributed by atoms with E-state index >= 15 is 0 Å². The maximum atomic E-state index is 14.0. The van der Waals surface area contributed by atoms with Gasteiger partial charge in [0.15, 0.2) is 18.1 Å². The molecule has 3 aromatic carbocycles. The SMILES string of the molecule is CCOc1cc([C@@H]2c3sc(=O)[nH]c3S[C@H]3C(=O)N(c4ccc(OC)cc4)C(=O)[C@@H]23)ccc1OCC(=O)Nc1ccc(S(N)(=O)=O)cc1. The van der Waals surface area contributed by atoms with Crippen LogP contribution in [0.5, 0.6) is 17.2 Å². The number of nitrogens with one attached hydrogen (secondary N) is 2. The van der Waals surface area contributed by atoms with Gasteiger partial charge in [0.25, 0.3) is 5.91 Å². The topological polar surface area (TPSA) is 187 Å². The second-order valence-electron chi connectivity index (χ2n) is 10.5. The number of carbonyl (C=O) groups excluding carboxylic acids is 3. The van der Waals surface area contributed by atoms with E-state index in [9.17, 15) is 27.6 Å². The molecule has 1 saturated heterocycles. The summed E-state index contributed by atoms with van der Waals surface area (Å²) in [7, 11) is -2.35. The molecule has 2 aliphatic heterocycles. The maximum absolute atomic E-state index is 14.0. The molecule has 1 aromatic heterocycles. The zero-order chi connectivity index (χ0) is 33.5. The first kappa shape index (κ1) is 32.3. The Morgan fingerprint density at radius 3 is 2.36 bits per heavy atom. The Morgan fingerprint density at radius 1 is 0.979 bits per heavy atom. The Hall–Kier alpha value is -4.64. The average molecular weight is 697 g/mol. The summed E-state index contributed by atoms with van der Waals surface area (Å²) in [4.78, 5) is 57.1. The number of nitrogens with two attached hydrogens (primary N) is 1. The highest BCUT2D eigenvalue weighted by atomic mass is 32.2. The third-order valence-corrected chi connectivity index (χ3v) is 10.9. The standard InChI is InChI=1S/C31H28N4O9S3/c1-3-43-22-14-16(4-13-21(22)44-15-23(36)33-17-5-11-20(12-6-17)47(32,40)41)24-25-27(45-28-26(24)46-31(39)34-28)30(38)35(29(25)37)18-7-9-19(42-2)10-8-18/h4-14,24-25,27H,3,15H2,1-2H3,(H,33,36)(H,34,39)(H2,32,40,41)/t24-,25-,27+/m0/s1. The van der Waals surface area contributed by atoms with Crippen molar-refractivity contribution >= 4 is 62.2 Å². The van der Waals surface area contributed by atoms with Crippen LogP contribution in [0.4, 0.5) is 11.4 Å². The van der Waals surface area contributed by atoms with Gasteiger partial charge >= 0.3 is 4.87 Å². The van der Waals surface area contributed by atoms with Gasteiger partial charge in [-0.1, -0.05) is 29.2 Å². The van der Waals surface area contributed by atoms with E-state index in [4.69, 9.17) is 19.3 Å². The van der Waals surface area contributed by atoms with Gasteiger partial charge in [-0.25, -0.2) is 18.5 Å². The first-order valence-corrected chi connectivity index (χ1v) is 17.5. The Bertz CT molecular complexity index is 2030. The number of thioether (sulfide) groups is 1. The van der Waals surface area contributed by atoms with Gasteiger partial charge in [0.2, 0.25) is 21.8 Å². The molecule has 3 amide bonds. The van der Waals surface area contributed by atoms with E-state index in [2.05, 4.69) is 10.3 Å². The lowest BCUT2D eigenvalue weighted by Crippen LogP contribution is -2.32. The predicted octanol–water partition coefficient (Wildman–Crippen LogP) is 3.30. The summed E-state index contributed by atoms with van der Waals surface area (Å²) in [6.45, 7) is 1.65. The number of aromatic amines is 1. The van der Waals surface area contributed by atoms with Gasteiger partial charge in [0.1, 0.15) is 11.0 Å². The number of thiazole rings is 1. The molecule has 2 aliphatic rings. The van der Waals surface area contributed by atoms with Crippen LogP contribution in [-0.4, -0.2) is 56.7 Å². The lowest BCUT2D eigenvalue weighted by atomic mass is 9.83. The molecule has 1 fully saturated rings. The van der Waals surface area contributed by atoms with Crippen molar-refractivity contribution in [1.29, 1.82) is 0 Å². The number of fused-ring (bicyclic) bond motifs is 2. The van der Waals surface area contributed by atoms with E-state index in [0.29, 0.717) is 38.3 Å². The fourth-order valence-corrected chi connectivity index (χ4v) is 8.57. The van der Waals surface area contributed by atoms with Crippen LogP contribution in [0, 0.1) is 5.92 Å². The normalized spacial score (nSPS) is 18.8. The second kappa shape index (κ2) is 12.9. The number of amides is 3. The first-order valence-electron chi connectivity index (χ1n) is 14.2. The van der Waals surface area contributed by atoms with Crippen LogP contribution in [0.25, 0.3) is 0 Å². The summed E-state index contributed by atoms with van der Waals surface area (Å²) in [5.74, 6) is -1.58. The summed E-state index contributed by atoms with van der Waals surface area (Å²) in [5, 5.41) is 7.50. The molecule has 6 rings (SSSR count). The molecule has 4 aromatic rings. The van der Waals surface area contributed by atoms with Crippen molar-refractivity contribution in [3.63, 3.8) is 0 Å². The van der Waals surface area contributed by atoms with E-state index in [1.807, 2.05) is 0 Å². The van der Waals surface area contributed by atoms with Crippen LogP contribution in [0.3, 0.4) is 0 Å². The number of imide groups is 1. The number of ether oxygens (including phenoxy) is 3. The van der Waals surface area contributed by atoms with Crippen LogP contribution in [0.15, 0.2) is 81.4 Å². The molecule has 47 heavy (non-hydrogen) atoms. The number of carbonyl (C=O) groups is 3. The third-order valence-electron chi connectivity index (χ3n) is 7.61. The van der Waals surface area contributed by atoms with Gasteiger partial charge < -0.3 is 24.5 Å². The van der Waals surface area contributed by atoms with E-state index in [0.717, 1.165) is 11.3 Å². The lowest BCUT2D eigenvalue weighted by molar-refractivity contribution is -0.122. The molecule has 4 N–H and O–H groups in total. The number of primary sulfonamides is 1. The summed E-state index contributed by atoms with van der Waals surface area (Å²) in [6.07, 6.45) is 0. The highest BCUT2D eigenvalue weighted by Crippen LogP contribution is 2.53. The van der Waals surface area contributed by atoms with Crippen molar-refractivity contribution in [2.45, 2.75) is 28.0 Å². The number of anilines is 2. The Kier molecular flexibility index (Phi) is 8.84. The molecule has 0 bridgehead atoms. The van der Waals surface area contributed by atoms with Gasteiger partial charge in [0, 0.05) is 16.5 Å². The maximum Gasteiger partial charge on any atom is 0.305 e. The molecule has 0 radical (unpaired) electrons. The third kappa shape index (κ3) is 6.36. The minimum atomic E-state index is -3.87. The quantitative estimate of drug-likeness (QED) is 0.208. The van der Waals surface area contributed by atoms with Crippen molar-refractivity contribution in [2.24, 2.45) is 11.1 Å². The molecule has 0 unspecified atom stereocenters. The van der Waals surface area contributed by atoms with Crippen molar-refractivity contribution in [3.8, 4) is 17.2 Å². The minimum Gasteiger partial charge on any atom is -0.497 e. The molecule has 0 aliphatic carbocycles. The largest absolute Gasteiger partial charge is 0.497 e. The lowest BCUT2D eigenvalue weighted by Gasteiger charge is -2.30. The molecular formula is C31H28N4O9S3. The highest BCUT2D eigenvalue weighted by molar-refractivity contribution is 8.00. The monoisotopic (exact) mass is 696 g/mol. The van der Waals surface area contributed by atoms with E-state index in [-0.39, 0.29) is 33.9 Å². The number of hydrogen-bond donors (Lipinski definition) is 3. The number of sulfonamides is 1. The molecule has 3 atom stereocenters. The van der Waals surface area contributed by atoms with Gasteiger partial charge in [-0.15, -0.1) is 0 Å². The smallest absolute Gasteiger partial charge is 0.305 e. The predicted molar refractivity (Wildman–Crippen MR) is 175 cm³/mol. The zero-order valence-corrected chi connectivity index (χ0v) is 27.4. The summed E-state index contributed by atoms with van der Waals surface area (Å²) in [5.41, 5.74) is 1.39. The molecule has 16 heteroatoms. The number of benzene rings is 3. The van der Waals surface area contributed by atoms with Crippen LogP contribution < -0.4 is 34.4 Å². The van der Waals surface area contributed by atoms with Crippen LogP contribution in [0.1, 0.15) is 23.3 Å². The first-order chi connectivity index (χ1) is 22.5. The number of rotatable bonds is 10. The van der Waals surface area contributed by atoms with Crippen LogP contribution in [0.2, 0.25) is 0 Å². The summed E-state index contributed by atoms with van der Waals surface area (Å²) in [6, 6.07) is 17.0. The van der Waals surface area contributed by atoms with E-state index < -0.39 is 39.6 Å². The molecule has 244 valence electrons. The minimum absolute atomic E-state index is 0.0905. The summed E-state index contributed by atoms with van der Waals surface area (Å²) >= 11 is 2.17. The Labute approximate surface area is 277 Å². The van der Waals surface area contributed by atoms with Gasteiger partial charge in [-0.2, -0.15) is 0 Å². The number of H-pyrrole nitrogens is 1. The van der Waals surface area contributed by atoms with E-state index in [1.165, 1.54) is 48.0 Å². The average Bonchev–Trinajstić information content (AvgIpc) is 3.54. The Balaban J connectivity index is 1.27. The molecule has 13 nitrogen and oxygen atoms in total. The zero-order valence-electron chi connectivity index (χ0n) is 24.9. The summed E-state index contributed by atoms with van der Waals surface area (Å²) < 4.78 is 39.8. The highest BCUT2D eigenvalue weighted by Gasteiger charge is 2.56. The van der Waals surface area contributed by atoms with Gasteiger partial charge in [-0.3, -0.25) is 19.2 Å². The van der Waals surface area contributed by atoms with Crippen LogP contribution >= 0.6 is 23.1 Å². The van der Waals surface area contributed by atoms with Crippen LogP contribution in [-0.2, 0) is 24.4 Å². The number of nitrogens with zero attached hydrogens (tertiary/aromatic N) is 1. The number of methoxy groups -OCH3 is 1. The number of hydrogen-bond acceptors (Lipinski definition) is 11. The van der Waals surface area contributed by atoms with E-state index in [1.54, 1.807) is 49.4 Å². The molecule has 0 spiro atoms. The fourth-order valence-electron chi connectivity index (χ4n) is 5.54. The number of aromatic nitrogens is 1. The van der Waals surface area contributed by atoms with Crippen molar-refractivity contribution in [3.05, 3.63) is 86.8 Å². The molecule has 3 heterocycles. The van der Waals surface area contributed by atoms with Crippen molar-refractivity contribution in [2.75, 3.05) is 30.5 Å². The molecular weight excluding hydrogens is 669 g/mol. The van der Waals surface area contributed by atoms with Crippen molar-refractivity contribution in [1.82, 2.24) is 4.98 Å². The van der Waals surface area contributed by atoms with Gasteiger partial charge in [-0.05, 0) is 73.2 Å². The van der Waals surface area contributed by atoms with Crippen molar-refractivity contribution < 1.29 is 37.0 Å². The van der Waals surface area contributed by atoms with Gasteiger partial charge in [0.05, 0.1) is 35.2 Å². The fraction of sp³-hybridized carbons (Fsp3) is 0.226.